The van der Waals surface area contributed by atoms with Gasteiger partial charge in [0.2, 0.25) is 5.91 Å². The van der Waals surface area contributed by atoms with Crippen LogP contribution >= 0.6 is 0 Å². The third-order valence-electron chi connectivity index (χ3n) is 6.09. The molecule has 1 atom stereocenters. The second-order valence-electron chi connectivity index (χ2n) is 7.94. The molecule has 1 aromatic heterocycles. The average Bonchev–Trinajstić information content (AvgIpc) is 2.62. The number of carbonyl (C=O) groups is 1. The molecule has 0 saturated carbocycles. The van der Waals surface area contributed by atoms with Crippen LogP contribution in [-0.2, 0) is 11.3 Å². The minimum Gasteiger partial charge on any atom is -0.336 e. The standard InChI is InChI=1S/C20H32N4O/c1-4-18(5-2)23-10-6-8-20(14-23)9-7-19(25)24(15-20)13-17-12-21-16(3)11-22-17/h11-12,18H,4-10,13-15H2,1-3H3/t20-/m1/s1. The summed E-state index contributed by atoms with van der Waals surface area (Å²) in [6.07, 6.45) is 10.2. The highest BCUT2D eigenvalue weighted by atomic mass is 16.2. The number of hydrogen-bond donors (Lipinski definition) is 0. The predicted molar refractivity (Wildman–Crippen MR) is 99.0 cm³/mol. The first-order valence-electron chi connectivity index (χ1n) is 9.84. The van der Waals surface area contributed by atoms with Gasteiger partial charge in [-0.1, -0.05) is 13.8 Å². The Morgan fingerprint density at radius 2 is 1.96 bits per heavy atom. The first-order chi connectivity index (χ1) is 12.0. The number of likely N-dealkylation sites (tertiary alicyclic amines) is 2. The minimum atomic E-state index is 0.271. The minimum absolute atomic E-state index is 0.271. The lowest BCUT2D eigenvalue weighted by Crippen LogP contribution is -2.55. The van der Waals surface area contributed by atoms with Crippen LogP contribution in [0.2, 0.25) is 0 Å². The molecule has 0 unspecified atom stereocenters. The van der Waals surface area contributed by atoms with E-state index in [0.717, 1.165) is 30.9 Å². The molecular formula is C20H32N4O. The molecule has 2 aliphatic heterocycles. The highest BCUT2D eigenvalue weighted by molar-refractivity contribution is 5.77. The SMILES string of the molecule is CCC(CC)N1CCC[C@@]2(CCC(=O)N(Cc3cnc(C)cn3)C2)C1. The Kier molecular flexibility index (Phi) is 5.72. The molecule has 0 radical (unpaired) electrons. The molecule has 1 amide bonds. The molecule has 0 N–H and O–H groups in total. The molecule has 1 aromatic rings. The number of rotatable bonds is 5. The van der Waals surface area contributed by atoms with Crippen LogP contribution in [0.1, 0.15) is 63.8 Å². The van der Waals surface area contributed by atoms with E-state index in [0.29, 0.717) is 19.0 Å². The first-order valence-corrected chi connectivity index (χ1v) is 9.84. The number of hydrogen-bond acceptors (Lipinski definition) is 4. The maximum Gasteiger partial charge on any atom is 0.222 e. The molecule has 3 heterocycles. The molecule has 0 aromatic carbocycles. The Bertz CT molecular complexity index is 584. The van der Waals surface area contributed by atoms with E-state index < -0.39 is 0 Å². The summed E-state index contributed by atoms with van der Waals surface area (Å²) in [5.41, 5.74) is 2.08. The predicted octanol–water partition coefficient (Wildman–Crippen LogP) is 3.18. The summed E-state index contributed by atoms with van der Waals surface area (Å²) in [7, 11) is 0. The Morgan fingerprint density at radius 1 is 1.16 bits per heavy atom. The van der Waals surface area contributed by atoms with Crippen LogP contribution in [0.3, 0.4) is 0 Å². The number of amides is 1. The smallest absolute Gasteiger partial charge is 0.222 e. The number of aryl methyl sites for hydroxylation is 1. The molecule has 5 nitrogen and oxygen atoms in total. The lowest BCUT2D eigenvalue weighted by molar-refractivity contribution is -0.140. The van der Waals surface area contributed by atoms with E-state index in [1.807, 2.05) is 11.8 Å². The lowest BCUT2D eigenvalue weighted by Gasteiger charge is -2.50. The van der Waals surface area contributed by atoms with Crippen LogP contribution in [-0.4, -0.2) is 51.4 Å². The number of piperidine rings is 2. The van der Waals surface area contributed by atoms with Crippen molar-refractivity contribution in [1.82, 2.24) is 19.8 Å². The average molecular weight is 345 g/mol. The summed E-state index contributed by atoms with van der Waals surface area (Å²) in [4.78, 5) is 26.0. The van der Waals surface area contributed by atoms with Gasteiger partial charge in [0, 0.05) is 37.2 Å². The number of aromatic nitrogens is 2. The van der Waals surface area contributed by atoms with Gasteiger partial charge in [-0.3, -0.25) is 19.7 Å². The van der Waals surface area contributed by atoms with Gasteiger partial charge < -0.3 is 4.90 Å². The summed E-state index contributed by atoms with van der Waals surface area (Å²) < 4.78 is 0. The molecule has 138 valence electrons. The maximum atomic E-state index is 12.5. The highest BCUT2D eigenvalue weighted by Crippen LogP contribution is 2.40. The largest absolute Gasteiger partial charge is 0.336 e. The monoisotopic (exact) mass is 344 g/mol. The quantitative estimate of drug-likeness (QED) is 0.823. The van der Waals surface area contributed by atoms with Gasteiger partial charge in [-0.05, 0) is 45.6 Å². The van der Waals surface area contributed by atoms with Gasteiger partial charge in [0.05, 0.1) is 24.1 Å². The van der Waals surface area contributed by atoms with Gasteiger partial charge in [0.1, 0.15) is 0 Å². The molecule has 1 spiro atoms. The number of carbonyl (C=O) groups excluding carboxylic acids is 1. The third-order valence-corrected chi connectivity index (χ3v) is 6.09. The van der Waals surface area contributed by atoms with Gasteiger partial charge >= 0.3 is 0 Å². The van der Waals surface area contributed by atoms with Crippen molar-refractivity contribution in [2.75, 3.05) is 19.6 Å². The topological polar surface area (TPSA) is 49.3 Å². The Labute approximate surface area is 151 Å². The van der Waals surface area contributed by atoms with Crippen LogP contribution < -0.4 is 0 Å². The summed E-state index contributed by atoms with van der Waals surface area (Å²) in [6.45, 7) is 10.3. The molecule has 0 aliphatic carbocycles. The van der Waals surface area contributed by atoms with Crippen LogP contribution in [0.4, 0.5) is 0 Å². The van der Waals surface area contributed by atoms with Crippen LogP contribution in [0, 0.1) is 12.3 Å². The van der Waals surface area contributed by atoms with Crippen LogP contribution in [0.25, 0.3) is 0 Å². The van der Waals surface area contributed by atoms with Crippen molar-refractivity contribution in [3.8, 4) is 0 Å². The summed E-state index contributed by atoms with van der Waals surface area (Å²) >= 11 is 0. The van der Waals surface area contributed by atoms with E-state index in [9.17, 15) is 4.79 Å². The van der Waals surface area contributed by atoms with Gasteiger partial charge in [0.25, 0.3) is 0 Å². The van der Waals surface area contributed by atoms with E-state index >= 15 is 0 Å². The van der Waals surface area contributed by atoms with Crippen LogP contribution in [0.5, 0.6) is 0 Å². The fraction of sp³-hybridized carbons (Fsp3) is 0.750. The second-order valence-corrected chi connectivity index (χ2v) is 7.94. The molecule has 0 bridgehead atoms. The normalized spacial score (nSPS) is 25.1. The van der Waals surface area contributed by atoms with Crippen LogP contribution in [0.15, 0.2) is 12.4 Å². The summed E-state index contributed by atoms with van der Waals surface area (Å²) in [5, 5.41) is 0. The van der Waals surface area contributed by atoms with Crippen molar-refractivity contribution >= 4 is 5.91 Å². The molecule has 5 heteroatoms. The van der Waals surface area contributed by atoms with Crippen molar-refractivity contribution in [3.63, 3.8) is 0 Å². The highest BCUT2D eigenvalue weighted by Gasteiger charge is 2.42. The van der Waals surface area contributed by atoms with E-state index in [4.69, 9.17) is 0 Å². The molecule has 3 rings (SSSR count). The van der Waals surface area contributed by atoms with Crippen molar-refractivity contribution in [2.45, 2.75) is 71.9 Å². The molecule has 2 aliphatic rings. The van der Waals surface area contributed by atoms with Crippen molar-refractivity contribution < 1.29 is 4.79 Å². The van der Waals surface area contributed by atoms with Gasteiger partial charge in [-0.2, -0.15) is 0 Å². The lowest BCUT2D eigenvalue weighted by atomic mass is 9.73. The van der Waals surface area contributed by atoms with Gasteiger partial charge in [0.15, 0.2) is 0 Å². The van der Waals surface area contributed by atoms with E-state index in [1.165, 1.54) is 32.2 Å². The van der Waals surface area contributed by atoms with E-state index in [1.54, 1.807) is 12.4 Å². The zero-order chi connectivity index (χ0) is 17.9. The van der Waals surface area contributed by atoms with Crippen molar-refractivity contribution in [1.29, 1.82) is 0 Å². The summed E-state index contributed by atoms with van der Waals surface area (Å²) in [5.74, 6) is 0.271. The zero-order valence-electron chi connectivity index (χ0n) is 16.0. The molecule has 2 fully saturated rings. The molecule has 2 saturated heterocycles. The fourth-order valence-electron chi connectivity index (χ4n) is 4.64. The summed E-state index contributed by atoms with van der Waals surface area (Å²) in [6, 6.07) is 0.686. The zero-order valence-corrected chi connectivity index (χ0v) is 16.0. The van der Waals surface area contributed by atoms with E-state index in [-0.39, 0.29) is 11.3 Å². The van der Waals surface area contributed by atoms with Crippen molar-refractivity contribution in [3.05, 3.63) is 23.8 Å². The number of nitrogens with zero attached hydrogens (tertiary/aromatic N) is 4. The fourth-order valence-corrected chi connectivity index (χ4v) is 4.64. The van der Waals surface area contributed by atoms with E-state index in [2.05, 4.69) is 28.7 Å². The Morgan fingerprint density at radius 3 is 2.64 bits per heavy atom. The second kappa shape index (κ2) is 7.81. The van der Waals surface area contributed by atoms with Gasteiger partial charge in [-0.15, -0.1) is 0 Å². The first kappa shape index (κ1) is 18.3. The van der Waals surface area contributed by atoms with Crippen molar-refractivity contribution in [2.24, 2.45) is 5.41 Å². The third kappa shape index (κ3) is 4.20. The molecule has 25 heavy (non-hydrogen) atoms. The maximum absolute atomic E-state index is 12.5. The van der Waals surface area contributed by atoms with Gasteiger partial charge in [-0.25, -0.2) is 0 Å². The Hall–Kier alpha value is -1.49. The Balaban J connectivity index is 1.70. The molecular weight excluding hydrogens is 312 g/mol.